The average Bonchev–Trinajstić information content (AvgIpc) is 2.54. The molecule has 0 bridgehead atoms. The van der Waals surface area contributed by atoms with E-state index in [4.69, 9.17) is 0 Å². The summed E-state index contributed by atoms with van der Waals surface area (Å²) in [6.07, 6.45) is 1.72. The third kappa shape index (κ3) is 2.54. The van der Waals surface area contributed by atoms with Gasteiger partial charge in [-0.05, 0) is 42.2 Å². The summed E-state index contributed by atoms with van der Waals surface area (Å²) in [5.74, 6) is 0. The number of para-hydroxylation sites is 1. The molecule has 1 aliphatic rings. The van der Waals surface area contributed by atoms with Gasteiger partial charge in [0.05, 0.1) is 17.2 Å². The molecule has 0 radical (unpaired) electrons. The summed E-state index contributed by atoms with van der Waals surface area (Å²) in [4.78, 5) is 0.228. The van der Waals surface area contributed by atoms with Gasteiger partial charge in [-0.15, -0.1) is 0 Å². The first-order chi connectivity index (χ1) is 10.1. The number of fused-ring (bicyclic) bond motifs is 1. The number of anilines is 1. The zero-order valence-corrected chi connectivity index (χ0v) is 12.4. The highest BCUT2D eigenvalue weighted by Crippen LogP contribution is 2.31. The lowest BCUT2D eigenvalue weighted by atomic mass is 10.0. The van der Waals surface area contributed by atoms with Crippen LogP contribution in [0.25, 0.3) is 0 Å². The second-order valence-corrected chi connectivity index (χ2v) is 6.98. The van der Waals surface area contributed by atoms with Crippen molar-refractivity contribution in [3.63, 3.8) is 0 Å². The molecule has 3 rings (SSSR count). The van der Waals surface area contributed by atoms with Gasteiger partial charge < -0.3 is 5.11 Å². The molecule has 5 heteroatoms. The maximum absolute atomic E-state index is 12.9. The Morgan fingerprint density at radius 3 is 2.71 bits per heavy atom. The van der Waals surface area contributed by atoms with E-state index in [0.29, 0.717) is 12.1 Å². The number of hydrogen-bond donors (Lipinski definition) is 1. The topological polar surface area (TPSA) is 57.6 Å². The van der Waals surface area contributed by atoms with Crippen molar-refractivity contribution in [1.29, 1.82) is 0 Å². The number of aliphatic hydroxyl groups is 1. The molecule has 0 amide bonds. The lowest BCUT2D eigenvalue weighted by Crippen LogP contribution is -2.35. The van der Waals surface area contributed by atoms with Crippen molar-refractivity contribution in [1.82, 2.24) is 0 Å². The van der Waals surface area contributed by atoms with Crippen LogP contribution in [-0.4, -0.2) is 20.1 Å². The fourth-order valence-corrected chi connectivity index (χ4v) is 4.29. The van der Waals surface area contributed by atoms with Crippen LogP contribution in [0.3, 0.4) is 0 Å². The van der Waals surface area contributed by atoms with Gasteiger partial charge in [-0.2, -0.15) is 0 Å². The SMILES string of the molecule is O=S(=O)(c1cccc(CO)c1)N1CCCc2ccccc21. The normalized spacial score (nSPS) is 14.8. The minimum atomic E-state index is -3.59. The largest absolute Gasteiger partial charge is 0.392 e. The molecule has 0 unspecified atom stereocenters. The number of benzene rings is 2. The lowest BCUT2D eigenvalue weighted by Gasteiger charge is -2.30. The fraction of sp³-hybridized carbons (Fsp3) is 0.250. The third-order valence-electron chi connectivity index (χ3n) is 3.74. The molecule has 0 atom stereocenters. The van der Waals surface area contributed by atoms with Crippen LogP contribution in [0.5, 0.6) is 0 Å². The van der Waals surface area contributed by atoms with E-state index in [1.54, 1.807) is 18.2 Å². The van der Waals surface area contributed by atoms with Crippen LogP contribution in [-0.2, 0) is 23.1 Å². The molecular formula is C16H17NO3S. The van der Waals surface area contributed by atoms with E-state index in [9.17, 15) is 13.5 Å². The molecule has 0 spiro atoms. The predicted octanol–water partition coefficient (Wildman–Crippen LogP) is 2.32. The first-order valence-corrected chi connectivity index (χ1v) is 8.37. The summed E-state index contributed by atoms with van der Waals surface area (Å²) < 4.78 is 27.2. The Labute approximate surface area is 124 Å². The van der Waals surface area contributed by atoms with E-state index >= 15 is 0 Å². The second-order valence-electron chi connectivity index (χ2n) is 5.11. The van der Waals surface area contributed by atoms with E-state index in [1.807, 2.05) is 24.3 Å². The molecule has 0 aliphatic carbocycles. The number of rotatable bonds is 3. The van der Waals surface area contributed by atoms with E-state index in [2.05, 4.69) is 0 Å². The summed E-state index contributed by atoms with van der Waals surface area (Å²) >= 11 is 0. The zero-order chi connectivity index (χ0) is 14.9. The monoisotopic (exact) mass is 303 g/mol. The average molecular weight is 303 g/mol. The Kier molecular flexibility index (Phi) is 3.69. The van der Waals surface area contributed by atoms with Crippen molar-refractivity contribution in [2.45, 2.75) is 24.3 Å². The molecule has 0 saturated carbocycles. The van der Waals surface area contributed by atoms with Crippen molar-refractivity contribution in [2.24, 2.45) is 0 Å². The Hall–Kier alpha value is -1.85. The summed E-state index contributed by atoms with van der Waals surface area (Å²) in [7, 11) is -3.59. The van der Waals surface area contributed by atoms with Gasteiger partial charge in [0, 0.05) is 6.54 Å². The summed E-state index contributed by atoms with van der Waals surface area (Å²) in [5.41, 5.74) is 2.42. The quantitative estimate of drug-likeness (QED) is 0.946. The Balaban J connectivity index is 2.07. The minimum absolute atomic E-state index is 0.167. The Morgan fingerprint density at radius 2 is 1.90 bits per heavy atom. The maximum atomic E-state index is 12.9. The van der Waals surface area contributed by atoms with Crippen molar-refractivity contribution >= 4 is 15.7 Å². The fourth-order valence-electron chi connectivity index (χ4n) is 2.68. The summed E-state index contributed by atoms with van der Waals surface area (Å²) in [6.45, 7) is 0.322. The molecular weight excluding hydrogens is 286 g/mol. The van der Waals surface area contributed by atoms with Crippen LogP contribution in [0.4, 0.5) is 5.69 Å². The lowest BCUT2D eigenvalue weighted by molar-refractivity contribution is 0.281. The highest BCUT2D eigenvalue weighted by Gasteiger charge is 2.28. The molecule has 1 N–H and O–H groups in total. The molecule has 4 nitrogen and oxygen atoms in total. The van der Waals surface area contributed by atoms with Gasteiger partial charge in [-0.25, -0.2) is 8.42 Å². The van der Waals surface area contributed by atoms with Gasteiger partial charge in [0.15, 0.2) is 0 Å². The van der Waals surface area contributed by atoms with Crippen LogP contribution in [0.15, 0.2) is 53.4 Å². The first kappa shape index (κ1) is 14.1. The van der Waals surface area contributed by atoms with Crippen molar-refractivity contribution in [2.75, 3.05) is 10.8 Å². The summed E-state index contributed by atoms with van der Waals surface area (Å²) in [6, 6.07) is 14.1. The molecule has 21 heavy (non-hydrogen) atoms. The zero-order valence-electron chi connectivity index (χ0n) is 11.6. The molecule has 2 aromatic carbocycles. The molecule has 1 heterocycles. The van der Waals surface area contributed by atoms with Gasteiger partial charge in [0.25, 0.3) is 10.0 Å². The predicted molar refractivity (Wildman–Crippen MR) is 81.7 cm³/mol. The Morgan fingerprint density at radius 1 is 1.10 bits per heavy atom. The minimum Gasteiger partial charge on any atom is -0.392 e. The molecule has 0 saturated heterocycles. The second kappa shape index (κ2) is 5.50. The molecule has 110 valence electrons. The van der Waals surface area contributed by atoms with Gasteiger partial charge in [0.1, 0.15) is 0 Å². The van der Waals surface area contributed by atoms with Gasteiger partial charge >= 0.3 is 0 Å². The third-order valence-corrected chi connectivity index (χ3v) is 5.55. The highest BCUT2D eigenvalue weighted by molar-refractivity contribution is 7.92. The standard InChI is InChI=1S/C16H17NO3S/c18-12-13-5-3-8-15(11-13)21(19,20)17-10-4-7-14-6-1-2-9-16(14)17/h1-3,5-6,8-9,11,18H,4,7,10,12H2. The molecule has 2 aromatic rings. The molecule has 1 aliphatic heterocycles. The molecule has 0 aromatic heterocycles. The smallest absolute Gasteiger partial charge is 0.264 e. The van der Waals surface area contributed by atoms with E-state index in [1.165, 1.54) is 10.4 Å². The van der Waals surface area contributed by atoms with Crippen LogP contribution in [0.2, 0.25) is 0 Å². The highest BCUT2D eigenvalue weighted by atomic mass is 32.2. The number of hydrogen-bond acceptors (Lipinski definition) is 3. The van der Waals surface area contributed by atoms with Crippen LogP contribution in [0.1, 0.15) is 17.5 Å². The van der Waals surface area contributed by atoms with Crippen LogP contribution < -0.4 is 4.31 Å². The van der Waals surface area contributed by atoms with Gasteiger partial charge in [-0.1, -0.05) is 30.3 Å². The van der Waals surface area contributed by atoms with Crippen molar-refractivity contribution in [3.8, 4) is 0 Å². The maximum Gasteiger partial charge on any atom is 0.264 e. The first-order valence-electron chi connectivity index (χ1n) is 6.93. The van der Waals surface area contributed by atoms with Crippen LogP contribution >= 0.6 is 0 Å². The number of aliphatic hydroxyl groups excluding tert-OH is 1. The van der Waals surface area contributed by atoms with Gasteiger partial charge in [-0.3, -0.25) is 4.31 Å². The number of aryl methyl sites for hydroxylation is 1. The Bertz CT molecular complexity index is 756. The van der Waals surface area contributed by atoms with Crippen LogP contribution in [0, 0.1) is 0 Å². The number of sulfonamides is 1. The van der Waals surface area contributed by atoms with E-state index in [-0.39, 0.29) is 11.5 Å². The molecule has 0 fully saturated rings. The van der Waals surface area contributed by atoms with Gasteiger partial charge in [0.2, 0.25) is 0 Å². The van der Waals surface area contributed by atoms with E-state index in [0.717, 1.165) is 24.1 Å². The summed E-state index contributed by atoms with van der Waals surface area (Å²) in [5, 5.41) is 9.19. The van der Waals surface area contributed by atoms with Crippen molar-refractivity contribution < 1.29 is 13.5 Å². The number of nitrogens with zero attached hydrogens (tertiary/aromatic N) is 1. The van der Waals surface area contributed by atoms with E-state index < -0.39 is 10.0 Å². The van der Waals surface area contributed by atoms with Crippen molar-refractivity contribution in [3.05, 3.63) is 59.7 Å².